The molecule has 93 heavy (non-hydrogen) atoms. The first kappa shape index (κ1) is 76.8. The molecule has 0 N–H and O–H groups in total. The van der Waals surface area contributed by atoms with Gasteiger partial charge in [0.1, 0.15) is 0 Å². The number of rotatable bonds is 12. The van der Waals surface area contributed by atoms with Crippen molar-refractivity contribution in [2.45, 2.75) is 340 Å². The summed E-state index contributed by atoms with van der Waals surface area (Å²) in [4.78, 5) is 8.59. The molecule has 2 aromatic heterocycles. The van der Waals surface area contributed by atoms with Gasteiger partial charge in [-0.2, -0.15) is 0 Å². The Bertz CT molecular complexity index is 2620. The molecule has 2 heterocycles. The molecule has 0 spiro atoms. The van der Waals surface area contributed by atoms with Crippen molar-refractivity contribution in [2.75, 3.05) is 0 Å². The van der Waals surface area contributed by atoms with Crippen LogP contribution in [0.15, 0.2) is 110 Å². The second kappa shape index (κ2) is 44.8. The molecule has 3 aromatic carbocycles. The molecule has 518 valence electrons. The van der Waals surface area contributed by atoms with E-state index in [1.165, 1.54) is 50.9 Å². The molecule has 9 saturated carbocycles. The van der Waals surface area contributed by atoms with Crippen LogP contribution >= 0.6 is 62.5 Å². The molecule has 14 rings (SSSR count). The van der Waals surface area contributed by atoms with Crippen LogP contribution in [0.1, 0.15) is 306 Å². The maximum absolute atomic E-state index is 5.84. The summed E-state index contributed by atoms with van der Waals surface area (Å²) in [5.41, 5.74) is 16.3. The van der Waals surface area contributed by atoms with E-state index in [9.17, 15) is 0 Å². The van der Waals surface area contributed by atoms with Crippen LogP contribution in [0.25, 0.3) is 27.9 Å². The minimum absolute atomic E-state index is 0.0465. The van der Waals surface area contributed by atoms with Crippen molar-refractivity contribution >= 4 is 99.6 Å². The van der Waals surface area contributed by atoms with E-state index in [2.05, 4.69) is 28.7 Å². The third kappa shape index (κ3) is 26.2. The van der Waals surface area contributed by atoms with Gasteiger partial charge in [0.25, 0.3) is 0 Å². The second-order valence-electron chi connectivity index (χ2n) is 29.6. The van der Waals surface area contributed by atoms with Crippen LogP contribution in [0.2, 0.25) is 0 Å². The Balaban J connectivity index is 0.000000134. The third-order valence-electron chi connectivity index (χ3n) is 23.4. The molecule has 0 bridgehead atoms. The van der Waals surface area contributed by atoms with Crippen LogP contribution in [-0.4, -0.2) is 70.1 Å². The van der Waals surface area contributed by atoms with Crippen molar-refractivity contribution in [1.82, 2.24) is 9.97 Å². The zero-order valence-corrected chi connectivity index (χ0v) is 66.9. The maximum atomic E-state index is 5.84. The quantitative estimate of drug-likeness (QED) is 0.0919. The molecular weight excluding hydrogens is 1450 g/mol. The van der Waals surface area contributed by atoms with Gasteiger partial charge in [-0.1, -0.05) is 94.7 Å². The van der Waals surface area contributed by atoms with Crippen molar-refractivity contribution in [2.24, 2.45) is 0 Å². The second-order valence-corrected chi connectivity index (χ2v) is 51.4. The van der Waals surface area contributed by atoms with E-state index in [4.69, 9.17) is 38.8 Å². The third-order valence-corrected chi connectivity index (χ3v) is 40.8. The molecule has 9 aliphatic rings. The summed E-state index contributed by atoms with van der Waals surface area (Å²) in [5.74, 6) is 0. The first-order valence-electron chi connectivity index (χ1n) is 38.4. The van der Waals surface area contributed by atoms with E-state index >= 15 is 0 Å². The zero-order valence-electron chi connectivity index (χ0n) is 57.4. The van der Waals surface area contributed by atoms with Crippen LogP contribution in [0.3, 0.4) is 0 Å². The molecule has 9 fully saturated rings. The Kier molecular flexibility index (Phi) is 37.0. The monoisotopic (exact) mass is 1570 g/mol. The predicted molar refractivity (Wildman–Crippen MR) is 421 cm³/mol. The van der Waals surface area contributed by atoms with Crippen molar-refractivity contribution in [3.05, 3.63) is 127 Å². The number of pyridine rings is 2. The number of nitrogens with zero attached hydrogens (tertiary/aromatic N) is 2. The Labute approximate surface area is 597 Å². The van der Waals surface area contributed by atoms with Crippen LogP contribution in [0.5, 0.6) is 0 Å². The molecule has 0 aliphatic heterocycles. The van der Waals surface area contributed by atoms with E-state index in [0.717, 1.165) is 38.5 Å². The van der Waals surface area contributed by atoms with Crippen molar-refractivity contribution < 1.29 is 27.0 Å². The van der Waals surface area contributed by atoms with Gasteiger partial charge in [0.2, 0.25) is 0 Å². The topological polar surface area (TPSA) is 25.8 Å². The minimum atomic E-state index is -1.76. The molecule has 0 unspecified atom stereocenters. The first-order valence-corrected chi connectivity index (χ1v) is 54.6. The molecular formula is C82H124Cl4N2P3Ru2+3. The van der Waals surface area contributed by atoms with Gasteiger partial charge >= 0.3 is 169 Å². The molecule has 0 atom stereocenters. The van der Waals surface area contributed by atoms with Gasteiger partial charge in [-0.3, -0.25) is 4.98 Å². The molecule has 0 amide bonds. The van der Waals surface area contributed by atoms with Crippen LogP contribution in [0.4, 0.5) is 0 Å². The van der Waals surface area contributed by atoms with Gasteiger partial charge in [0, 0.05) is 40.9 Å². The first-order chi connectivity index (χ1) is 45.8. The SMILES string of the molecule is C1CCC([PH+](C2CCCCC2)C2CCCCC2)CC1.C1CCC([PH+](C2CCCCC2)C2CCCCC2)CC1.C1CCC([PH+](C2CCCCC2)C2CCCCC2)CC1.C=Cc1cccc2cccnc12.[Cl][Ru]([Cl])=[CH]c1cccc2cccnc12.[Cl][Ru]([Cl])=[CH]c1ccccc1. The van der Waals surface area contributed by atoms with Gasteiger partial charge in [-0.05, 0) is 237 Å². The van der Waals surface area contributed by atoms with Crippen LogP contribution in [0, 0.1) is 0 Å². The van der Waals surface area contributed by atoms with E-state index in [0.29, 0.717) is 0 Å². The Morgan fingerprint density at radius 3 is 0.796 bits per heavy atom. The fraction of sp³-hybridized carbons (Fsp3) is 0.659. The van der Waals surface area contributed by atoms with E-state index < -0.39 is 27.0 Å². The van der Waals surface area contributed by atoms with Gasteiger partial charge < -0.3 is 0 Å². The molecule has 5 aromatic rings. The number of fused-ring (bicyclic) bond motifs is 2. The number of hydrogen-bond acceptors (Lipinski definition) is 2. The predicted octanol–water partition coefficient (Wildman–Crippen LogP) is 27.5. The number of halogens is 4. The van der Waals surface area contributed by atoms with E-state index in [1.807, 2.05) is 94.2 Å². The van der Waals surface area contributed by atoms with Gasteiger partial charge in [0.15, 0.2) is 0 Å². The number of benzene rings is 3. The Hall–Kier alpha value is -0.343. The Morgan fingerprint density at radius 2 is 0.538 bits per heavy atom. The van der Waals surface area contributed by atoms with Gasteiger partial charge in [0.05, 0.1) is 56.4 Å². The fourth-order valence-electron chi connectivity index (χ4n) is 19.1. The van der Waals surface area contributed by atoms with Crippen LogP contribution in [-0.2, 0) is 27.0 Å². The molecule has 0 saturated heterocycles. The number of para-hydroxylation sites is 2. The molecule has 11 heteroatoms. The van der Waals surface area contributed by atoms with E-state index in [1.54, 1.807) is 301 Å². The molecule has 9 aliphatic carbocycles. The Morgan fingerprint density at radius 1 is 0.290 bits per heavy atom. The summed E-state index contributed by atoms with van der Waals surface area (Å²) in [5, 5.41) is 2.28. The fourth-order valence-corrected chi connectivity index (χ4v) is 38.4. The number of hydrogen-bond donors (Lipinski definition) is 0. The average molecular weight is 1570 g/mol. The normalized spacial score (nSPS) is 21.9. The van der Waals surface area contributed by atoms with E-state index in [-0.39, 0.29) is 23.8 Å². The number of aromatic nitrogens is 2. The molecule has 2 nitrogen and oxygen atoms in total. The van der Waals surface area contributed by atoms with Gasteiger partial charge in [-0.15, -0.1) is 0 Å². The van der Waals surface area contributed by atoms with Crippen molar-refractivity contribution in [3.63, 3.8) is 0 Å². The van der Waals surface area contributed by atoms with Gasteiger partial charge in [-0.25, -0.2) is 0 Å². The molecule has 0 radical (unpaired) electrons. The summed E-state index contributed by atoms with van der Waals surface area (Å²) in [6.07, 6.45) is 76.8. The summed E-state index contributed by atoms with van der Waals surface area (Å²) >= 11 is -3.38. The summed E-state index contributed by atoms with van der Waals surface area (Å²) < 4.78 is 3.84. The zero-order chi connectivity index (χ0) is 64.5. The summed E-state index contributed by atoms with van der Waals surface area (Å²) in [7, 11) is 22.9. The van der Waals surface area contributed by atoms with Crippen molar-refractivity contribution in [3.8, 4) is 0 Å². The summed E-state index contributed by atoms with van der Waals surface area (Å²) in [6.45, 7) is 3.74. The van der Waals surface area contributed by atoms with Crippen molar-refractivity contribution in [1.29, 1.82) is 0 Å². The standard InChI is InChI=1S/3C18H33P.C11H9N.C10H7N.C7H6.4ClH.2Ru/c3*1-4-10-16(11-5-1)19(17-12-6-2-7-13-17)18-14-8-3-9-15-18;1-2-9-5-3-6-10-7-4-8-12-11(9)10;1-8-4-2-5-9-6-3-7-11-10(8)9;1-7-5-3-2-4-6-7;;;;;;/h3*16-18H,1-15H2;2-8H,1H2;1-7H;1-6H;4*1H;;/q;;;;;;;;;;2*+2/p-1. The average Bonchev–Trinajstić information content (AvgIpc) is 1.89. The van der Waals surface area contributed by atoms with Crippen LogP contribution < -0.4 is 0 Å². The summed E-state index contributed by atoms with van der Waals surface area (Å²) in [6, 6.07) is 29.9.